The van der Waals surface area contributed by atoms with Crippen molar-refractivity contribution in [1.82, 2.24) is 10.0 Å². The second-order valence-electron chi connectivity index (χ2n) is 7.14. The lowest BCUT2D eigenvalue weighted by atomic mass is 9.90. The minimum atomic E-state index is -0.459. The number of halogens is 2. The summed E-state index contributed by atoms with van der Waals surface area (Å²) < 4.78 is 0. The molecular weight excluding hydrogens is 385 g/mol. The molecule has 0 spiro atoms. The van der Waals surface area contributed by atoms with Crippen LogP contribution in [0.5, 0.6) is 0 Å². The molecule has 7 heteroatoms. The van der Waals surface area contributed by atoms with Crippen molar-refractivity contribution in [2.75, 3.05) is 18.0 Å². The van der Waals surface area contributed by atoms with Crippen LogP contribution < -0.4 is 4.90 Å². The number of hydrogen-bond donors (Lipinski definition) is 0. The summed E-state index contributed by atoms with van der Waals surface area (Å²) >= 11 is 12.1. The first-order valence-corrected chi connectivity index (χ1v) is 9.74. The van der Waals surface area contributed by atoms with Crippen LogP contribution in [-0.2, 0) is 9.59 Å². The number of carbonyl (C=O) groups is 2. The average Bonchev–Trinajstić information content (AvgIpc) is 3.28. The fourth-order valence-electron chi connectivity index (χ4n) is 4.64. The van der Waals surface area contributed by atoms with Crippen LogP contribution >= 0.6 is 23.2 Å². The zero-order chi connectivity index (χ0) is 18.7. The number of anilines is 1. The minimum absolute atomic E-state index is 0.157. The molecule has 3 heterocycles. The van der Waals surface area contributed by atoms with E-state index >= 15 is 0 Å². The van der Waals surface area contributed by atoms with Gasteiger partial charge in [0.05, 0.1) is 17.6 Å². The third kappa shape index (κ3) is 2.53. The molecule has 0 radical (unpaired) electrons. The summed E-state index contributed by atoms with van der Waals surface area (Å²) in [7, 11) is 0. The Kier molecular flexibility index (Phi) is 4.02. The van der Waals surface area contributed by atoms with Gasteiger partial charge in [-0.15, -0.1) is 0 Å². The molecule has 0 N–H and O–H groups in total. The van der Waals surface area contributed by atoms with Crippen molar-refractivity contribution in [2.45, 2.75) is 18.5 Å². The van der Waals surface area contributed by atoms with Crippen LogP contribution in [0, 0.1) is 5.92 Å². The molecule has 0 bridgehead atoms. The highest BCUT2D eigenvalue weighted by Gasteiger charge is 2.62. The van der Waals surface area contributed by atoms with Crippen LogP contribution in [0.1, 0.15) is 18.0 Å². The molecule has 3 atom stereocenters. The first-order chi connectivity index (χ1) is 13.1. The van der Waals surface area contributed by atoms with E-state index in [-0.39, 0.29) is 17.9 Å². The molecule has 0 unspecified atom stereocenters. The highest BCUT2D eigenvalue weighted by atomic mass is 35.5. The zero-order valence-electron chi connectivity index (χ0n) is 14.4. The highest BCUT2D eigenvalue weighted by molar-refractivity contribution is 6.31. The molecule has 2 aromatic carbocycles. The Labute approximate surface area is 167 Å². The number of nitrogens with zero attached hydrogens (tertiary/aromatic N) is 3. The molecule has 5 rings (SSSR count). The molecule has 0 aliphatic carbocycles. The largest absolute Gasteiger partial charge is 0.274 e. The second-order valence-corrected chi connectivity index (χ2v) is 8.01. The third-order valence-corrected chi connectivity index (χ3v) is 6.17. The lowest BCUT2D eigenvalue weighted by Gasteiger charge is -2.29. The van der Waals surface area contributed by atoms with Crippen molar-refractivity contribution in [3.05, 3.63) is 64.1 Å². The van der Waals surface area contributed by atoms with Crippen molar-refractivity contribution in [3.63, 3.8) is 0 Å². The highest BCUT2D eigenvalue weighted by Crippen LogP contribution is 2.49. The maximum Gasteiger partial charge on any atom is 0.253 e. The SMILES string of the molecule is O=C1[C@@H]2[C@@H](C(=O)N1c1cccc(Cl)c1)N1CCCN1[C@H]2c1ccc(Cl)cc1. The summed E-state index contributed by atoms with van der Waals surface area (Å²) in [6.07, 6.45) is 0.978. The lowest BCUT2D eigenvalue weighted by molar-refractivity contribution is -0.126. The minimum Gasteiger partial charge on any atom is -0.274 e. The Morgan fingerprint density at radius 3 is 2.22 bits per heavy atom. The molecule has 0 saturated carbocycles. The van der Waals surface area contributed by atoms with E-state index in [9.17, 15) is 9.59 Å². The number of amides is 2. The van der Waals surface area contributed by atoms with Crippen molar-refractivity contribution >= 4 is 40.7 Å². The van der Waals surface area contributed by atoms with Crippen LogP contribution in [0.25, 0.3) is 0 Å². The van der Waals surface area contributed by atoms with E-state index in [2.05, 4.69) is 10.0 Å². The van der Waals surface area contributed by atoms with E-state index in [0.717, 1.165) is 25.1 Å². The van der Waals surface area contributed by atoms with Gasteiger partial charge in [0.1, 0.15) is 6.04 Å². The van der Waals surface area contributed by atoms with E-state index < -0.39 is 12.0 Å². The van der Waals surface area contributed by atoms with E-state index in [4.69, 9.17) is 23.2 Å². The van der Waals surface area contributed by atoms with Gasteiger partial charge >= 0.3 is 0 Å². The molecule has 5 nitrogen and oxygen atoms in total. The molecule has 2 aromatic rings. The topological polar surface area (TPSA) is 43.9 Å². The van der Waals surface area contributed by atoms with E-state index in [1.54, 1.807) is 24.3 Å². The molecule has 3 aliphatic rings. The second kappa shape index (κ2) is 6.31. The van der Waals surface area contributed by atoms with Gasteiger partial charge in [-0.05, 0) is 42.3 Å². The first kappa shape index (κ1) is 17.2. The van der Waals surface area contributed by atoms with Gasteiger partial charge in [0.15, 0.2) is 0 Å². The Morgan fingerprint density at radius 2 is 1.52 bits per heavy atom. The van der Waals surface area contributed by atoms with Gasteiger partial charge < -0.3 is 0 Å². The van der Waals surface area contributed by atoms with Gasteiger partial charge in [-0.25, -0.2) is 14.9 Å². The van der Waals surface area contributed by atoms with E-state index in [1.165, 1.54) is 4.90 Å². The maximum absolute atomic E-state index is 13.4. The smallest absolute Gasteiger partial charge is 0.253 e. The van der Waals surface area contributed by atoms with E-state index in [0.29, 0.717) is 15.7 Å². The van der Waals surface area contributed by atoms with Crippen LogP contribution in [0.2, 0.25) is 10.0 Å². The molecule has 2 amide bonds. The van der Waals surface area contributed by atoms with E-state index in [1.807, 2.05) is 24.3 Å². The third-order valence-electron chi connectivity index (χ3n) is 5.68. The summed E-state index contributed by atoms with van der Waals surface area (Å²) in [6.45, 7) is 1.63. The Bertz CT molecular complexity index is 933. The number of rotatable bonds is 2. The molecule has 3 fully saturated rings. The van der Waals surface area contributed by atoms with Gasteiger partial charge in [-0.2, -0.15) is 0 Å². The van der Waals surface area contributed by atoms with Crippen molar-refractivity contribution in [1.29, 1.82) is 0 Å². The number of carbonyl (C=O) groups excluding carboxylic acids is 2. The number of hydrogen-bond acceptors (Lipinski definition) is 4. The first-order valence-electron chi connectivity index (χ1n) is 8.98. The normalized spacial score (nSPS) is 28.1. The van der Waals surface area contributed by atoms with Gasteiger partial charge in [0.2, 0.25) is 5.91 Å². The molecule has 138 valence electrons. The summed E-state index contributed by atoms with van der Waals surface area (Å²) in [5, 5.41) is 5.42. The fourth-order valence-corrected chi connectivity index (χ4v) is 4.95. The summed E-state index contributed by atoms with van der Waals surface area (Å²) in [5.74, 6) is -0.768. The Balaban J connectivity index is 1.59. The number of fused-ring (bicyclic) bond motifs is 3. The molecule has 27 heavy (non-hydrogen) atoms. The summed E-state index contributed by atoms with van der Waals surface area (Å²) in [6, 6.07) is 13.9. The number of hydrazine groups is 1. The number of imide groups is 1. The fraction of sp³-hybridized carbons (Fsp3) is 0.300. The van der Waals surface area contributed by atoms with Crippen LogP contribution in [0.15, 0.2) is 48.5 Å². The monoisotopic (exact) mass is 401 g/mol. The molecule has 0 aromatic heterocycles. The van der Waals surface area contributed by atoms with Gasteiger partial charge in [-0.3, -0.25) is 9.59 Å². The standard InChI is InChI=1S/C20H17Cl2N3O2/c21-13-7-5-12(6-8-13)17-16-18(24-10-2-9-23(17)24)20(27)25(19(16)26)15-4-1-3-14(22)11-15/h1,3-8,11,16-18H,2,9-10H2/t16-,17-,18-/m0/s1. The average molecular weight is 402 g/mol. The molecular formula is C20H17Cl2N3O2. The Hall–Kier alpha value is -1.92. The van der Waals surface area contributed by atoms with Gasteiger partial charge in [-0.1, -0.05) is 41.4 Å². The molecule has 3 saturated heterocycles. The van der Waals surface area contributed by atoms with Crippen LogP contribution in [-0.4, -0.2) is 41.0 Å². The zero-order valence-corrected chi connectivity index (χ0v) is 15.9. The van der Waals surface area contributed by atoms with Crippen LogP contribution in [0.4, 0.5) is 5.69 Å². The predicted molar refractivity (Wildman–Crippen MR) is 103 cm³/mol. The Morgan fingerprint density at radius 1 is 0.815 bits per heavy atom. The quantitative estimate of drug-likeness (QED) is 0.721. The lowest BCUT2D eigenvalue weighted by Crippen LogP contribution is -2.44. The van der Waals surface area contributed by atoms with Gasteiger partial charge in [0, 0.05) is 23.1 Å². The van der Waals surface area contributed by atoms with Crippen molar-refractivity contribution in [3.8, 4) is 0 Å². The van der Waals surface area contributed by atoms with Gasteiger partial charge in [0.25, 0.3) is 5.91 Å². The maximum atomic E-state index is 13.4. The summed E-state index contributed by atoms with van der Waals surface area (Å²) in [4.78, 5) is 27.9. The summed E-state index contributed by atoms with van der Waals surface area (Å²) in [5.41, 5.74) is 1.54. The number of benzene rings is 2. The predicted octanol–water partition coefficient (Wildman–Crippen LogP) is 3.53. The molecule has 3 aliphatic heterocycles. The van der Waals surface area contributed by atoms with Crippen molar-refractivity contribution in [2.24, 2.45) is 5.92 Å². The van der Waals surface area contributed by atoms with Crippen molar-refractivity contribution < 1.29 is 9.59 Å². The van der Waals surface area contributed by atoms with Crippen LogP contribution in [0.3, 0.4) is 0 Å².